The number of hydrogen-bond donors (Lipinski definition) is 2. The standard InChI is InChI=1S/C15H15ClN2O2S/c1-19-9-6-7-13(20-2)12(8-9)18-11-5-3-4-10(16)14(11)15(17)21/h3-8,18H,1-2H3,(H2,17,21). The molecule has 0 saturated heterocycles. The van der Waals surface area contributed by atoms with E-state index in [1.807, 2.05) is 30.3 Å². The lowest BCUT2D eigenvalue weighted by Crippen LogP contribution is -2.12. The molecule has 0 aliphatic heterocycles. The van der Waals surface area contributed by atoms with Crippen LogP contribution >= 0.6 is 23.8 Å². The Morgan fingerprint density at radius 1 is 1.14 bits per heavy atom. The molecule has 0 aliphatic carbocycles. The zero-order chi connectivity index (χ0) is 15.4. The highest BCUT2D eigenvalue weighted by Crippen LogP contribution is 2.34. The maximum atomic E-state index is 6.16. The van der Waals surface area contributed by atoms with Gasteiger partial charge in [0, 0.05) is 6.07 Å². The Morgan fingerprint density at radius 3 is 2.52 bits per heavy atom. The topological polar surface area (TPSA) is 56.5 Å². The number of ether oxygens (including phenoxy) is 2. The van der Waals surface area contributed by atoms with E-state index < -0.39 is 0 Å². The molecule has 2 rings (SSSR count). The zero-order valence-corrected chi connectivity index (χ0v) is 13.2. The van der Waals surface area contributed by atoms with Crippen molar-refractivity contribution in [1.82, 2.24) is 0 Å². The molecule has 21 heavy (non-hydrogen) atoms. The number of hydrogen-bond acceptors (Lipinski definition) is 4. The van der Waals surface area contributed by atoms with E-state index >= 15 is 0 Å². The van der Waals surface area contributed by atoms with Gasteiger partial charge < -0.3 is 20.5 Å². The summed E-state index contributed by atoms with van der Waals surface area (Å²) in [6.07, 6.45) is 0. The van der Waals surface area contributed by atoms with Crippen molar-refractivity contribution >= 4 is 40.2 Å². The second-order valence-corrected chi connectivity index (χ2v) is 5.06. The van der Waals surface area contributed by atoms with E-state index in [1.54, 1.807) is 20.3 Å². The first-order valence-corrected chi connectivity index (χ1v) is 6.92. The summed E-state index contributed by atoms with van der Waals surface area (Å²) in [6, 6.07) is 10.9. The number of rotatable bonds is 5. The Balaban J connectivity index is 2.47. The molecule has 3 N–H and O–H groups in total. The van der Waals surface area contributed by atoms with E-state index in [2.05, 4.69) is 5.32 Å². The first kappa shape index (κ1) is 15.4. The van der Waals surface area contributed by atoms with Gasteiger partial charge in [0.25, 0.3) is 0 Å². The van der Waals surface area contributed by atoms with Crippen LogP contribution < -0.4 is 20.5 Å². The summed E-state index contributed by atoms with van der Waals surface area (Å²) in [4.78, 5) is 0.227. The summed E-state index contributed by atoms with van der Waals surface area (Å²) in [5.41, 5.74) is 7.79. The Kier molecular flexibility index (Phi) is 4.88. The summed E-state index contributed by atoms with van der Waals surface area (Å²) < 4.78 is 10.6. The monoisotopic (exact) mass is 322 g/mol. The minimum atomic E-state index is 0.227. The first-order chi connectivity index (χ1) is 10.1. The van der Waals surface area contributed by atoms with Crippen molar-refractivity contribution in [1.29, 1.82) is 0 Å². The van der Waals surface area contributed by atoms with Gasteiger partial charge >= 0.3 is 0 Å². The molecule has 0 amide bonds. The van der Waals surface area contributed by atoms with Gasteiger partial charge in [-0.05, 0) is 24.3 Å². The molecule has 0 bridgehead atoms. The molecule has 2 aromatic rings. The van der Waals surface area contributed by atoms with E-state index in [4.69, 9.17) is 39.0 Å². The molecule has 0 radical (unpaired) electrons. The second-order valence-electron chi connectivity index (χ2n) is 4.22. The van der Waals surface area contributed by atoms with Crippen LogP contribution in [0, 0.1) is 0 Å². The Hall–Kier alpha value is -1.98. The zero-order valence-electron chi connectivity index (χ0n) is 11.6. The van der Waals surface area contributed by atoms with Gasteiger partial charge in [-0.2, -0.15) is 0 Å². The number of halogens is 1. The Labute approximate surface area is 133 Å². The van der Waals surface area contributed by atoms with Gasteiger partial charge in [0.15, 0.2) is 0 Å². The highest BCUT2D eigenvalue weighted by atomic mass is 35.5. The third-order valence-corrected chi connectivity index (χ3v) is 3.46. The SMILES string of the molecule is COc1ccc(OC)c(Nc2cccc(Cl)c2C(N)=S)c1. The van der Waals surface area contributed by atoms with Gasteiger partial charge in [0.1, 0.15) is 16.5 Å². The lowest BCUT2D eigenvalue weighted by molar-refractivity contribution is 0.405. The number of benzene rings is 2. The summed E-state index contributed by atoms with van der Waals surface area (Å²) in [5.74, 6) is 1.38. The van der Waals surface area contributed by atoms with Crippen LogP contribution in [-0.4, -0.2) is 19.2 Å². The molecule has 0 saturated carbocycles. The minimum absolute atomic E-state index is 0.227. The van der Waals surface area contributed by atoms with Gasteiger partial charge in [0.2, 0.25) is 0 Å². The van der Waals surface area contributed by atoms with Crippen LogP contribution in [0.4, 0.5) is 11.4 Å². The fourth-order valence-electron chi connectivity index (χ4n) is 1.94. The molecule has 0 atom stereocenters. The summed E-state index contributed by atoms with van der Waals surface area (Å²) in [6.45, 7) is 0. The number of nitrogens with two attached hydrogens (primary N) is 1. The summed E-state index contributed by atoms with van der Waals surface area (Å²) in [7, 11) is 3.20. The predicted octanol–water partition coefficient (Wildman–Crippen LogP) is 3.74. The molecule has 0 aliphatic rings. The van der Waals surface area contributed by atoms with Crippen molar-refractivity contribution in [3.63, 3.8) is 0 Å². The number of nitrogens with one attached hydrogen (secondary N) is 1. The molecule has 2 aromatic carbocycles. The maximum Gasteiger partial charge on any atom is 0.142 e. The molecule has 0 fully saturated rings. The van der Waals surface area contributed by atoms with Crippen LogP contribution in [0.1, 0.15) is 5.56 Å². The van der Waals surface area contributed by atoms with Crippen molar-refractivity contribution in [2.75, 3.05) is 19.5 Å². The molecule has 110 valence electrons. The maximum absolute atomic E-state index is 6.16. The van der Waals surface area contributed by atoms with Gasteiger partial charge in [0.05, 0.1) is 36.2 Å². The van der Waals surface area contributed by atoms with Gasteiger partial charge in [-0.1, -0.05) is 29.9 Å². The van der Waals surface area contributed by atoms with Crippen LogP contribution in [0.3, 0.4) is 0 Å². The van der Waals surface area contributed by atoms with Crippen LogP contribution in [0.2, 0.25) is 5.02 Å². The van der Waals surface area contributed by atoms with Crippen molar-refractivity contribution in [2.24, 2.45) is 5.73 Å². The lowest BCUT2D eigenvalue weighted by Gasteiger charge is -2.16. The fraction of sp³-hybridized carbons (Fsp3) is 0.133. The third kappa shape index (κ3) is 3.37. The molecule has 4 nitrogen and oxygen atoms in total. The number of methoxy groups -OCH3 is 2. The quantitative estimate of drug-likeness (QED) is 0.821. The van der Waals surface area contributed by atoms with Gasteiger partial charge in [-0.25, -0.2) is 0 Å². The van der Waals surface area contributed by atoms with Gasteiger partial charge in [-0.3, -0.25) is 0 Å². The second kappa shape index (κ2) is 6.65. The van der Waals surface area contributed by atoms with Crippen LogP contribution in [0.25, 0.3) is 0 Å². The van der Waals surface area contributed by atoms with E-state index in [9.17, 15) is 0 Å². The Morgan fingerprint density at radius 2 is 1.90 bits per heavy atom. The molecular formula is C15H15ClN2O2S. The average molecular weight is 323 g/mol. The molecule has 6 heteroatoms. The lowest BCUT2D eigenvalue weighted by atomic mass is 10.1. The highest BCUT2D eigenvalue weighted by molar-refractivity contribution is 7.80. The normalized spacial score (nSPS) is 10.0. The van der Waals surface area contributed by atoms with Gasteiger partial charge in [-0.15, -0.1) is 0 Å². The first-order valence-electron chi connectivity index (χ1n) is 6.14. The molecule has 0 spiro atoms. The van der Waals surface area contributed by atoms with E-state index in [0.717, 1.165) is 5.69 Å². The molecule has 0 heterocycles. The largest absolute Gasteiger partial charge is 0.497 e. The Bertz CT molecular complexity index is 677. The van der Waals surface area contributed by atoms with Crippen molar-refractivity contribution in [2.45, 2.75) is 0 Å². The number of thiocarbonyl (C=S) groups is 1. The van der Waals surface area contributed by atoms with Crippen molar-refractivity contribution in [3.05, 3.63) is 47.0 Å². The van der Waals surface area contributed by atoms with E-state index in [-0.39, 0.29) is 4.99 Å². The minimum Gasteiger partial charge on any atom is -0.497 e. The van der Waals surface area contributed by atoms with Crippen molar-refractivity contribution in [3.8, 4) is 11.5 Å². The van der Waals surface area contributed by atoms with Crippen LogP contribution in [0.5, 0.6) is 11.5 Å². The van der Waals surface area contributed by atoms with Crippen LogP contribution in [-0.2, 0) is 0 Å². The van der Waals surface area contributed by atoms with Crippen LogP contribution in [0.15, 0.2) is 36.4 Å². The van der Waals surface area contributed by atoms with Crippen molar-refractivity contribution < 1.29 is 9.47 Å². The van der Waals surface area contributed by atoms with E-state index in [0.29, 0.717) is 27.8 Å². The smallest absolute Gasteiger partial charge is 0.142 e. The average Bonchev–Trinajstić information content (AvgIpc) is 2.46. The molecular weight excluding hydrogens is 308 g/mol. The van der Waals surface area contributed by atoms with E-state index in [1.165, 1.54) is 0 Å². The molecule has 0 aromatic heterocycles. The molecule has 0 unspecified atom stereocenters. The predicted molar refractivity (Wildman–Crippen MR) is 90.2 cm³/mol. The number of anilines is 2. The highest BCUT2D eigenvalue weighted by Gasteiger charge is 2.12. The third-order valence-electron chi connectivity index (χ3n) is 2.94. The fourth-order valence-corrected chi connectivity index (χ4v) is 2.49. The summed E-state index contributed by atoms with van der Waals surface area (Å²) >= 11 is 11.2. The summed E-state index contributed by atoms with van der Waals surface area (Å²) in [5, 5.41) is 3.73.